The highest BCUT2D eigenvalue weighted by Crippen LogP contribution is 2.16. The molecule has 1 atom stereocenters. The summed E-state index contributed by atoms with van der Waals surface area (Å²) in [7, 11) is 0. The fraction of sp³-hybridized carbons (Fsp3) is 0.273. The van der Waals surface area contributed by atoms with E-state index in [1.165, 1.54) is 11.1 Å². The minimum Gasteiger partial charge on any atom is -0.306 e. The topological polar surface area (TPSA) is 12.0 Å². The number of nitrogens with one attached hydrogen (secondary N) is 1. The van der Waals surface area contributed by atoms with Crippen LogP contribution in [-0.2, 0) is 13.0 Å². The van der Waals surface area contributed by atoms with Crippen LogP contribution in [0.25, 0.3) is 0 Å². The highest BCUT2D eigenvalue weighted by Gasteiger charge is 2.13. The van der Waals surface area contributed by atoms with Crippen LogP contribution in [0.2, 0.25) is 0 Å². The van der Waals surface area contributed by atoms with E-state index in [1.807, 2.05) is 6.08 Å². The quantitative estimate of drug-likeness (QED) is 0.617. The van der Waals surface area contributed by atoms with Crippen LogP contribution in [0, 0.1) is 0 Å². The van der Waals surface area contributed by atoms with Gasteiger partial charge in [0.1, 0.15) is 0 Å². The van der Waals surface area contributed by atoms with Crippen LogP contribution in [0.3, 0.4) is 0 Å². The summed E-state index contributed by atoms with van der Waals surface area (Å²) in [6.07, 6.45) is 3.07. The standard InChI is InChI=1S/C11H13N/c1-2-11-7-9-5-3-4-6-10(9)8-12-11/h2-6,11-12H,1,7-8H2. The molecule has 0 bridgehead atoms. The first-order valence-corrected chi connectivity index (χ1v) is 4.33. The first-order chi connectivity index (χ1) is 5.90. The number of hydrogen-bond acceptors (Lipinski definition) is 1. The molecular weight excluding hydrogens is 146 g/mol. The van der Waals surface area contributed by atoms with Crippen LogP contribution in [0.5, 0.6) is 0 Å². The van der Waals surface area contributed by atoms with Gasteiger partial charge in [0, 0.05) is 12.6 Å². The molecule has 1 heterocycles. The summed E-state index contributed by atoms with van der Waals surface area (Å²) < 4.78 is 0. The molecule has 1 aliphatic rings. The maximum Gasteiger partial charge on any atom is 0.0291 e. The summed E-state index contributed by atoms with van der Waals surface area (Å²) >= 11 is 0. The molecule has 1 aliphatic heterocycles. The smallest absolute Gasteiger partial charge is 0.0291 e. The van der Waals surface area contributed by atoms with Gasteiger partial charge in [-0.05, 0) is 17.5 Å². The Morgan fingerprint density at radius 1 is 1.33 bits per heavy atom. The average molecular weight is 159 g/mol. The molecule has 0 saturated heterocycles. The predicted octanol–water partition coefficient (Wildman–Crippen LogP) is 1.89. The number of fused-ring (bicyclic) bond motifs is 1. The average Bonchev–Trinajstić information content (AvgIpc) is 2.17. The van der Waals surface area contributed by atoms with Crippen molar-refractivity contribution in [3.05, 3.63) is 48.0 Å². The van der Waals surface area contributed by atoms with Gasteiger partial charge in [-0.1, -0.05) is 30.3 Å². The molecule has 0 spiro atoms. The Morgan fingerprint density at radius 3 is 2.83 bits per heavy atom. The van der Waals surface area contributed by atoms with Crippen LogP contribution in [0.15, 0.2) is 36.9 Å². The lowest BCUT2D eigenvalue weighted by Crippen LogP contribution is -2.33. The Morgan fingerprint density at radius 2 is 2.08 bits per heavy atom. The van der Waals surface area contributed by atoms with Gasteiger partial charge < -0.3 is 5.32 Å². The predicted molar refractivity (Wildman–Crippen MR) is 51.0 cm³/mol. The summed E-state index contributed by atoms with van der Waals surface area (Å²) in [6.45, 7) is 4.77. The second-order valence-corrected chi connectivity index (χ2v) is 3.20. The monoisotopic (exact) mass is 159 g/mol. The molecule has 1 N–H and O–H groups in total. The van der Waals surface area contributed by atoms with E-state index in [0.717, 1.165) is 13.0 Å². The molecule has 62 valence electrons. The van der Waals surface area contributed by atoms with E-state index >= 15 is 0 Å². The minimum atomic E-state index is 0.458. The second-order valence-electron chi connectivity index (χ2n) is 3.20. The van der Waals surface area contributed by atoms with Crippen LogP contribution in [-0.4, -0.2) is 6.04 Å². The lowest BCUT2D eigenvalue weighted by atomic mass is 9.96. The lowest BCUT2D eigenvalue weighted by molar-refractivity contribution is 0.555. The zero-order chi connectivity index (χ0) is 8.39. The van der Waals surface area contributed by atoms with Crippen LogP contribution >= 0.6 is 0 Å². The van der Waals surface area contributed by atoms with Crippen molar-refractivity contribution in [2.45, 2.75) is 19.0 Å². The minimum absolute atomic E-state index is 0.458. The van der Waals surface area contributed by atoms with Gasteiger partial charge >= 0.3 is 0 Å². The zero-order valence-electron chi connectivity index (χ0n) is 7.09. The molecular formula is C11H13N. The molecule has 12 heavy (non-hydrogen) atoms. The van der Waals surface area contributed by atoms with Gasteiger partial charge in [0.25, 0.3) is 0 Å². The van der Waals surface area contributed by atoms with Gasteiger partial charge in [0.2, 0.25) is 0 Å². The third-order valence-corrected chi connectivity index (χ3v) is 2.40. The molecule has 0 aliphatic carbocycles. The first-order valence-electron chi connectivity index (χ1n) is 4.33. The fourth-order valence-corrected chi connectivity index (χ4v) is 1.65. The van der Waals surface area contributed by atoms with Crippen LogP contribution in [0.4, 0.5) is 0 Å². The van der Waals surface area contributed by atoms with Gasteiger partial charge in [-0.3, -0.25) is 0 Å². The molecule has 1 unspecified atom stereocenters. The summed E-state index contributed by atoms with van der Waals surface area (Å²) in [5, 5.41) is 3.41. The van der Waals surface area contributed by atoms with Crippen molar-refractivity contribution >= 4 is 0 Å². The van der Waals surface area contributed by atoms with E-state index in [9.17, 15) is 0 Å². The van der Waals surface area contributed by atoms with E-state index in [0.29, 0.717) is 6.04 Å². The van der Waals surface area contributed by atoms with E-state index in [1.54, 1.807) is 0 Å². The third-order valence-electron chi connectivity index (χ3n) is 2.40. The molecule has 1 aromatic carbocycles. The van der Waals surface area contributed by atoms with Gasteiger partial charge in [-0.2, -0.15) is 0 Å². The zero-order valence-corrected chi connectivity index (χ0v) is 7.09. The second kappa shape index (κ2) is 3.11. The summed E-state index contributed by atoms with van der Waals surface area (Å²) in [5.41, 5.74) is 2.89. The number of benzene rings is 1. The Balaban J connectivity index is 2.28. The van der Waals surface area contributed by atoms with E-state index < -0.39 is 0 Å². The highest BCUT2D eigenvalue weighted by molar-refractivity contribution is 5.30. The molecule has 0 aromatic heterocycles. The normalized spacial score (nSPS) is 21.5. The molecule has 0 fully saturated rings. The van der Waals surface area contributed by atoms with E-state index in [-0.39, 0.29) is 0 Å². The molecule has 0 saturated carbocycles. The van der Waals surface area contributed by atoms with Crippen molar-refractivity contribution in [2.24, 2.45) is 0 Å². The van der Waals surface area contributed by atoms with Gasteiger partial charge in [-0.25, -0.2) is 0 Å². The van der Waals surface area contributed by atoms with Crippen molar-refractivity contribution in [1.29, 1.82) is 0 Å². The Bertz CT molecular complexity index is 291. The Hall–Kier alpha value is -1.08. The number of hydrogen-bond donors (Lipinski definition) is 1. The summed E-state index contributed by atoms with van der Waals surface area (Å²) in [5.74, 6) is 0. The van der Waals surface area contributed by atoms with E-state index in [4.69, 9.17) is 0 Å². The van der Waals surface area contributed by atoms with Crippen molar-refractivity contribution in [1.82, 2.24) is 5.32 Å². The summed E-state index contributed by atoms with van der Waals surface area (Å²) in [6, 6.07) is 9.03. The van der Waals surface area contributed by atoms with Crippen molar-refractivity contribution < 1.29 is 0 Å². The third kappa shape index (κ3) is 1.28. The van der Waals surface area contributed by atoms with Gasteiger partial charge in [0.15, 0.2) is 0 Å². The van der Waals surface area contributed by atoms with Crippen molar-refractivity contribution in [3.63, 3.8) is 0 Å². The largest absolute Gasteiger partial charge is 0.306 e. The molecule has 0 amide bonds. The molecule has 1 heteroatoms. The summed E-state index contributed by atoms with van der Waals surface area (Å²) in [4.78, 5) is 0. The fourth-order valence-electron chi connectivity index (χ4n) is 1.65. The first kappa shape index (κ1) is 7.56. The molecule has 0 radical (unpaired) electrons. The molecule has 2 rings (SSSR count). The maximum absolute atomic E-state index is 3.79. The maximum atomic E-state index is 3.79. The molecule has 1 aromatic rings. The van der Waals surface area contributed by atoms with Gasteiger partial charge in [-0.15, -0.1) is 6.58 Å². The van der Waals surface area contributed by atoms with Gasteiger partial charge in [0.05, 0.1) is 0 Å². The SMILES string of the molecule is C=CC1Cc2ccccc2CN1. The van der Waals surface area contributed by atoms with Crippen molar-refractivity contribution in [3.8, 4) is 0 Å². The van der Waals surface area contributed by atoms with Crippen LogP contribution in [0.1, 0.15) is 11.1 Å². The van der Waals surface area contributed by atoms with E-state index in [2.05, 4.69) is 36.2 Å². The number of rotatable bonds is 1. The lowest BCUT2D eigenvalue weighted by Gasteiger charge is -2.23. The highest BCUT2D eigenvalue weighted by atomic mass is 14.9. The Labute approximate surface area is 73.1 Å². The van der Waals surface area contributed by atoms with Crippen molar-refractivity contribution in [2.75, 3.05) is 0 Å². The van der Waals surface area contributed by atoms with Crippen LogP contribution < -0.4 is 5.32 Å². The Kier molecular flexibility index (Phi) is 1.96. The molecule has 1 nitrogen and oxygen atoms in total.